The number of nitriles is 1. The first-order valence-corrected chi connectivity index (χ1v) is 6.72. The predicted octanol–water partition coefficient (Wildman–Crippen LogP) is 4.30. The standard InChI is InChI=1S/C14H8ClFN2OS/c15-12-7-11(5-6-13(12)20-8-17)18-14(19)9-1-3-10(16)4-2-9/h1-7H,(H,18,19). The lowest BCUT2D eigenvalue weighted by molar-refractivity contribution is 0.102. The van der Waals surface area contributed by atoms with Gasteiger partial charge in [-0.25, -0.2) is 4.39 Å². The van der Waals surface area contributed by atoms with Crippen LogP contribution in [0.25, 0.3) is 0 Å². The molecule has 3 nitrogen and oxygen atoms in total. The predicted molar refractivity (Wildman–Crippen MR) is 77.3 cm³/mol. The molecule has 6 heteroatoms. The molecule has 0 unspecified atom stereocenters. The number of halogens is 2. The summed E-state index contributed by atoms with van der Waals surface area (Å²) in [7, 11) is 0. The molecule has 0 spiro atoms. The number of nitrogens with one attached hydrogen (secondary N) is 1. The Hall–Kier alpha value is -2.03. The van der Waals surface area contributed by atoms with Crippen LogP contribution in [0, 0.1) is 16.5 Å². The van der Waals surface area contributed by atoms with Crippen LogP contribution in [-0.2, 0) is 0 Å². The number of rotatable bonds is 3. The molecule has 0 radical (unpaired) electrons. The van der Waals surface area contributed by atoms with Gasteiger partial charge in [0.2, 0.25) is 0 Å². The summed E-state index contributed by atoms with van der Waals surface area (Å²) in [6.45, 7) is 0. The number of hydrogen-bond acceptors (Lipinski definition) is 3. The largest absolute Gasteiger partial charge is 0.322 e. The fourth-order valence-corrected chi connectivity index (χ4v) is 2.20. The second-order valence-corrected chi connectivity index (χ2v) is 5.03. The fourth-order valence-electron chi connectivity index (χ4n) is 1.52. The van der Waals surface area contributed by atoms with Gasteiger partial charge in [-0.3, -0.25) is 4.79 Å². The third kappa shape index (κ3) is 3.50. The molecular weight excluding hydrogens is 299 g/mol. The Kier molecular flexibility index (Phi) is 4.61. The number of thioether (sulfide) groups is 1. The van der Waals surface area contributed by atoms with Crippen LogP contribution in [0.5, 0.6) is 0 Å². The van der Waals surface area contributed by atoms with E-state index in [0.29, 0.717) is 21.2 Å². The lowest BCUT2D eigenvalue weighted by Gasteiger charge is -2.07. The molecule has 0 bridgehead atoms. The van der Waals surface area contributed by atoms with Gasteiger partial charge in [0, 0.05) is 16.1 Å². The minimum Gasteiger partial charge on any atom is -0.322 e. The minimum atomic E-state index is -0.400. The van der Waals surface area contributed by atoms with Crippen LogP contribution in [0.2, 0.25) is 5.02 Å². The Bertz CT molecular complexity index is 683. The van der Waals surface area contributed by atoms with Gasteiger partial charge in [0.1, 0.15) is 11.2 Å². The van der Waals surface area contributed by atoms with E-state index in [4.69, 9.17) is 16.9 Å². The Morgan fingerprint density at radius 3 is 2.55 bits per heavy atom. The van der Waals surface area contributed by atoms with Gasteiger partial charge in [-0.05, 0) is 54.2 Å². The molecule has 0 aromatic heterocycles. The first kappa shape index (κ1) is 14.4. The average molecular weight is 307 g/mol. The molecule has 0 saturated heterocycles. The third-order valence-corrected chi connectivity index (χ3v) is 3.54. The molecule has 100 valence electrons. The number of anilines is 1. The van der Waals surface area contributed by atoms with Crippen molar-refractivity contribution >= 4 is 35.0 Å². The van der Waals surface area contributed by atoms with Gasteiger partial charge in [0.25, 0.3) is 5.91 Å². The van der Waals surface area contributed by atoms with Crippen LogP contribution in [-0.4, -0.2) is 5.91 Å². The van der Waals surface area contributed by atoms with E-state index in [1.807, 2.05) is 5.40 Å². The molecule has 0 atom stereocenters. The van der Waals surface area contributed by atoms with E-state index >= 15 is 0 Å². The van der Waals surface area contributed by atoms with E-state index < -0.39 is 5.82 Å². The third-order valence-electron chi connectivity index (χ3n) is 2.45. The summed E-state index contributed by atoms with van der Waals surface area (Å²) in [5, 5.41) is 13.5. The smallest absolute Gasteiger partial charge is 0.255 e. The average Bonchev–Trinajstić information content (AvgIpc) is 2.42. The van der Waals surface area contributed by atoms with Gasteiger partial charge in [-0.2, -0.15) is 5.26 Å². The van der Waals surface area contributed by atoms with Crippen LogP contribution in [0.4, 0.5) is 10.1 Å². The summed E-state index contributed by atoms with van der Waals surface area (Å²) in [4.78, 5) is 12.5. The van der Waals surface area contributed by atoms with E-state index in [9.17, 15) is 9.18 Å². The van der Waals surface area contributed by atoms with Crippen molar-refractivity contribution in [1.29, 1.82) is 5.26 Å². The maximum absolute atomic E-state index is 12.8. The summed E-state index contributed by atoms with van der Waals surface area (Å²) in [5.74, 6) is -0.760. The van der Waals surface area contributed by atoms with E-state index in [0.717, 1.165) is 11.8 Å². The highest BCUT2D eigenvalue weighted by Crippen LogP contribution is 2.29. The molecule has 20 heavy (non-hydrogen) atoms. The van der Waals surface area contributed by atoms with Crippen LogP contribution >= 0.6 is 23.4 Å². The monoisotopic (exact) mass is 306 g/mol. The highest BCUT2D eigenvalue weighted by molar-refractivity contribution is 8.03. The summed E-state index contributed by atoms with van der Waals surface area (Å²) in [6, 6.07) is 10.1. The van der Waals surface area contributed by atoms with Crippen molar-refractivity contribution in [2.45, 2.75) is 4.90 Å². The van der Waals surface area contributed by atoms with Gasteiger partial charge in [0.15, 0.2) is 0 Å². The number of benzene rings is 2. The van der Waals surface area contributed by atoms with Crippen LogP contribution in [0.1, 0.15) is 10.4 Å². The number of thiocyanates is 1. The number of hydrogen-bond donors (Lipinski definition) is 1. The van der Waals surface area contributed by atoms with E-state index in [1.54, 1.807) is 18.2 Å². The fraction of sp³-hybridized carbons (Fsp3) is 0. The zero-order valence-corrected chi connectivity index (χ0v) is 11.6. The number of amides is 1. The lowest BCUT2D eigenvalue weighted by Crippen LogP contribution is -2.11. The number of nitrogens with zero attached hydrogens (tertiary/aromatic N) is 1. The molecule has 2 aromatic carbocycles. The molecule has 0 fully saturated rings. The minimum absolute atomic E-state index is 0.345. The van der Waals surface area contributed by atoms with Crippen molar-refractivity contribution in [1.82, 2.24) is 0 Å². The van der Waals surface area contributed by atoms with Gasteiger partial charge >= 0.3 is 0 Å². The first-order chi connectivity index (χ1) is 9.60. The van der Waals surface area contributed by atoms with Crippen molar-refractivity contribution < 1.29 is 9.18 Å². The second kappa shape index (κ2) is 6.42. The Morgan fingerprint density at radius 1 is 1.25 bits per heavy atom. The maximum atomic E-state index is 12.8. The highest BCUT2D eigenvalue weighted by atomic mass is 35.5. The van der Waals surface area contributed by atoms with Gasteiger partial charge in [-0.1, -0.05) is 11.6 Å². The van der Waals surface area contributed by atoms with Crippen molar-refractivity contribution in [3.8, 4) is 5.40 Å². The molecule has 0 heterocycles. The number of carbonyl (C=O) groups is 1. The summed E-state index contributed by atoms with van der Waals surface area (Å²) in [5.41, 5.74) is 0.851. The number of carbonyl (C=O) groups excluding carboxylic acids is 1. The molecule has 1 N–H and O–H groups in total. The molecule has 0 aliphatic heterocycles. The quantitative estimate of drug-likeness (QED) is 0.679. The molecule has 2 aromatic rings. The van der Waals surface area contributed by atoms with Crippen molar-refractivity contribution in [2.75, 3.05) is 5.32 Å². The molecule has 0 aliphatic rings. The van der Waals surface area contributed by atoms with E-state index in [-0.39, 0.29) is 5.91 Å². The Balaban J connectivity index is 2.14. The van der Waals surface area contributed by atoms with Crippen molar-refractivity contribution in [2.24, 2.45) is 0 Å². The normalized spacial score (nSPS) is 9.85. The topological polar surface area (TPSA) is 52.9 Å². The van der Waals surface area contributed by atoms with Gasteiger partial charge < -0.3 is 5.32 Å². The van der Waals surface area contributed by atoms with Crippen LogP contribution < -0.4 is 5.32 Å². The zero-order chi connectivity index (χ0) is 14.5. The van der Waals surface area contributed by atoms with E-state index in [1.165, 1.54) is 24.3 Å². The molecular formula is C14H8ClFN2OS. The molecule has 2 rings (SSSR count). The molecule has 0 saturated carbocycles. The van der Waals surface area contributed by atoms with Crippen LogP contribution in [0.15, 0.2) is 47.4 Å². The van der Waals surface area contributed by atoms with E-state index in [2.05, 4.69) is 5.32 Å². The highest BCUT2D eigenvalue weighted by Gasteiger charge is 2.08. The summed E-state index contributed by atoms with van der Waals surface area (Å²) >= 11 is 6.93. The first-order valence-electron chi connectivity index (χ1n) is 5.52. The summed E-state index contributed by atoms with van der Waals surface area (Å²) < 4.78 is 12.8. The lowest BCUT2D eigenvalue weighted by atomic mass is 10.2. The van der Waals surface area contributed by atoms with Crippen molar-refractivity contribution in [3.63, 3.8) is 0 Å². The maximum Gasteiger partial charge on any atom is 0.255 e. The van der Waals surface area contributed by atoms with Crippen molar-refractivity contribution in [3.05, 3.63) is 58.9 Å². The summed E-state index contributed by atoms with van der Waals surface area (Å²) in [6.07, 6.45) is 0. The molecule has 1 amide bonds. The Labute approximate surface area is 124 Å². The second-order valence-electron chi connectivity index (χ2n) is 3.80. The van der Waals surface area contributed by atoms with Crippen LogP contribution in [0.3, 0.4) is 0 Å². The Morgan fingerprint density at radius 2 is 1.95 bits per heavy atom. The SMILES string of the molecule is N#CSc1ccc(NC(=O)c2ccc(F)cc2)cc1Cl. The van der Waals surface area contributed by atoms with Gasteiger partial charge in [-0.15, -0.1) is 0 Å². The van der Waals surface area contributed by atoms with Gasteiger partial charge in [0.05, 0.1) is 5.02 Å². The zero-order valence-electron chi connectivity index (χ0n) is 10.1. The molecule has 0 aliphatic carbocycles.